The molecule has 0 atom stereocenters. The third kappa shape index (κ3) is 4.82. The van der Waals surface area contributed by atoms with Crippen molar-refractivity contribution < 1.29 is 14.3 Å². The number of hydrogen-bond acceptors (Lipinski definition) is 4. The normalized spacial score (nSPS) is 10.1. The average Bonchev–Trinajstić information content (AvgIpc) is 2.48. The predicted molar refractivity (Wildman–Crippen MR) is 92.3 cm³/mol. The molecule has 2 aromatic rings. The van der Waals surface area contributed by atoms with Crippen LogP contribution in [0, 0.1) is 3.57 Å². The molecule has 5 nitrogen and oxygen atoms in total. The summed E-state index contributed by atoms with van der Waals surface area (Å²) in [7, 11) is 0. The summed E-state index contributed by atoms with van der Waals surface area (Å²) in [5, 5.41) is 2.99. The van der Waals surface area contributed by atoms with Gasteiger partial charge < -0.3 is 10.1 Å². The van der Waals surface area contributed by atoms with Gasteiger partial charge in [-0.15, -0.1) is 0 Å². The molecule has 0 aliphatic heterocycles. The first-order valence-electron chi connectivity index (χ1n) is 5.99. The summed E-state index contributed by atoms with van der Waals surface area (Å²) in [5.41, 5.74) is 0.371. The van der Waals surface area contributed by atoms with E-state index in [1.165, 1.54) is 12.3 Å². The molecular formula is C14H9Cl2IN2O3. The second-order valence-corrected chi connectivity index (χ2v) is 6.20. The largest absolute Gasteiger partial charge is 0.452 e. The zero-order chi connectivity index (χ0) is 16.1. The summed E-state index contributed by atoms with van der Waals surface area (Å²) in [4.78, 5) is 27.4. The third-order valence-electron chi connectivity index (χ3n) is 2.48. The molecule has 0 unspecified atom stereocenters. The van der Waals surface area contributed by atoms with Crippen LogP contribution in [0.15, 0.2) is 36.5 Å². The lowest BCUT2D eigenvalue weighted by molar-refractivity contribution is -0.119. The zero-order valence-corrected chi connectivity index (χ0v) is 14.6. The number of amides is 1. The van der Waals surface area contributed by atoms with E-state index < -0.39 is 18.5 Å². The van der Waals surface area contributed by atoms with Crippen LogP contribution in [-0.2, 0) is 9.53 Å². The molecule has 114 valence electrons. The van der Waals surface area contributed by atoms with Crippen molar-refractivity contribution in [2.45, 2.75) is 0 Å². The number of ether oxygens (including phenoxy) is 1. The summed E-state index contributed by atoms with van der Waals surface area (Å²) in [5.74, 6) is -0.973. The van der Waals surface area contributed by atoms with Gasteiger partial charge in [-0.3, -0.25) is 4.79 Å². The van der Waals surface area contributed by atoms with E-state index in [0.29, 0.717) is 10.6 Å². The number of pyridine rings is 1. The molecule has 0 saturated carbocycles. The highest BCUT2D eigenvalue weighted by molar-refractivity contribution is 14.1. The zero-order valence-electron chi connectivity index (χ0n) is 11.0. The first-order chi connectivity index (χ1) is 10.5. The summed E-state index contributed by atoms with van der Waals surface area (Å²) in [6, 6.07) is 8.24. The van der Waals surface area contributed by atoms with Gasteiger partial charge in [-0.05, 0) is 52.9 Å². The number of anilines is 1. The van der Waals surface area contributed by atoms with Gasteiger partial charge in [-0.25, -0.2) is 9.78 Å². The van der Waals surface area contributed by atoms with E-state index in [0.717, 1.165) is 3.57 Å². The maximum absolute atomic E-state index is 11.8. The number of benzene rings is 1. The highest BCUT2D eigenvalue weighted by Gasteiger charge is 2.12. The van der Waals surface area contributed by atoms with Crippen LogP contribution in [0.2, 0.25) is 10.0 Å². The lowest BCUT2D eigenvalue weighted by Gasteiger charge is -2.07. The van der Waals surface area contributed by atoms with Crippen molar-refractivity contribution in [3.05, 3.63) is 55.7 Å². The maximum atomic E-state index is 11.8. The molecule has 0 aliphatic rings. The number of rotatable bonds is 4. The lowest BCUT2D eigenvalue weighted by Crippen LogP contribution is -2.21. The Kier molecular flexibility index (Phi) is 5.98. The molecule has 1 heterocycles. The van der Waals surface area contributed by atoms with Gasteiger partial charge in [0.25, 0.3) is 5.91 Å². The third-order valence-corrected chi connectivity index (χ3v) is 3.69. The monoisotopic (exact) mass is 450 g/mol. The Labute approximate surface area is 150 Å². The molecule has 0 bridgehead atoms. The molecule has 8 heteroatoms. The van der Waals surface area contributed by atoms with E-state index in [1.807, 2.05) is 0 Å². The van der Waals surface area contributed by atoms with E-state index in [1.54, 1.807) is 24.3 Å². The van der Waals surface area contributed by atoms with Gasteiger partial charge in [-0.2, -0.15) is 0 Å². The van der Waals surface area contributed by atoms with Crippen LogP contribution in [0.5, 0.6) is 0 Å². The Hall–Kier alpha value is -1.38. The molecule has 1 aromatic carbocycles. The molecule has 1 N–H and O–H groups in total. The fourth-order valence-corrected chi connectivity index (χ4v) is 2.26. The molecule has 0 saturated heterocycles. The number of halogens is 3. The van der Waals surface area contributed by atoms with E-state index in [9.17, 15) is 9.59 Å². The van der Waals surface area contributed by atoms with Gasteiger partial charge in [-0.1, -0.05) is 23.2 Å². The van der Waals surface area contributed by atoms with Crippen molar-refractivity contribution in [2.75, 3.05) is 11.9 Å². The minimum absolute atomic E-state index is 0.154. The summed E-state index contributed by atoms with van der Waals surface area (Å²) < 4.78 is 5.91. The SMILES string of the molecule is O=C(COC(=O)c1ccc(I)cc1)Nc1ncc(Cl)cc1Cl. The molecule has 1 amide bonds. The van der Waals surface area contributed by atoms with Gasteiger partial charge in [0, 0.05) is 9.77 Å². The predicted octanol–water partition coefficient (Wildman–Crippen LogP) is 3.79. The number of aromatic nitrogens is 1. The maximum Gasteiger partial charge on any atom is 0.338 e. The minimum Gasteiger partial charge on any atom is -0.452 e. The number of carbonyl (C=O) groups excluding carboxylic acids is 2. The van der Waals surface area contributed by atoms with E-state index in [4.69, 9.17) is 27.9 Å². The molecule has 1 aromatic heterocycles. The fraction of sp³-hybridized carbons (Fsp3) is 0.0714. The molecule has 0 fully saturated rings. The summed E-state index contributed by atoms with van der Waals surface area (Å²) in [6.45, 7) is -0.439. The first kappa shape index (κ1) is 17.0. The summed E-state index contributed by atoms with van der Waals surface area (Å²) in [6.07, 6.45) is 1.35. The summed E-state index contributed by atoms with van der Waals surface area (Å²) >= 11 is 13.7. The van der Waals surface area contributed by atoms with Crippen LogP contribution in [-0.4, -0.2) is 23.5 Å². The van der Waals surface area contributed by atoms with Crippen molar-refractivity contribution in [3.8, 4) is 0 Å². The van der Waals surface area contributed by atoms with E-state index in [2.05, 4.69) is 32.9 Å². The van der Waals surface area contributed by atoms with Gasteiger partial charge in [0.2, 0.25) is 0 Å². The van der Waals surface area contributed by atoms with Crippen LogP contribution in [0.25, 0.3) is 0 Å². The van der Waals surface area contributed by atoms with Crippen LogP contribution >= 0.6 is 45.8 Å². The van der Waals surface area contributed by atoms with Gasteiger partial charge >= 0.3 is 5.97 Å². The van der Waals surface area contributed by atoms with Crippen LogP contribution in [0.1, 0.15) is 10.4 Å². The van der Waals surface area contributed by atoms with E-state index in [-0.39, 0.29) is 10.8 Å². The number of carbonyl (C=O) groups is 2. The Morgan fingerprint density at radius 1 is 1.23 bits per heavy atom. The highest BCUT2D eigenvalue weighted by atomic mass is 127. The van der Waals surface area contributed by atoms with Crippen molar-refractivity contribution >= 4 is 63.5 Å². The lowest BCUT2D eigenvalue weighted by atomic mass is 10.2. The van der Waals surface area contributed by atoms with Crippen molar-refractivity contribution in [1.82, 2.24) is 4.98 Å². The number of nitrogens with one attached hydrogen (secondary N) is 1. The first-order valence-corrected chi connectivity index (χ1v) is 7.83. The second kappa shape index (κ2) is 7.75. The molecular weight excluding hydrogens is 442 g/mol. The highest BCUT2D eigenvalue weighted by Crippen LogP contribution is 2.22. The minimum atomic E-state index is -0.582. The second-order valence-electron chi connectivity index (χ2n) is 4.12. The van der Waals surface area contributed by atoms with Gasteiger partial charge in [0.15, 0.2) is 12.4 Å². The van der Waals surface area contributed by atoms with Crippen molar-refractivity contribution in [3.63, 3.8) is 0 Å². The Morgan fingerprint density at radius 3 is 2.55 bits per heavy atom. The number of esters is 1. The van der Waals surface area contributed by atoms with Crippen LogP contribution < -0.4 is 5.32 Å². The Balaban J connectivity index is 1.89. The number of hydrogen-bond donors (Lipinski definition) is 1. The smallest absolute Gasteiger partial charge is 0.338 e. The quantitative estimate of drug-likeness (QED) is 0.568. The van der Waals surface area contributed by atoms with Crippen LogP contribution in [0.3, 0.4) is 0 Å². The fourth-order valence-electron chi connectivity index (χ4n) is 1.48. The molecule has 0 aliphatic carbocycles. The standard InChI is InChI=1S/C14H9Cl2IN2O3/c15-9-5-11(16)13(18-6-9)19-12(20)7-22-14(21)8-1-3-10(17)4-2-8/h1-6H,7H2,(H,18,19,20). The van der Waals surface area contributed by atoms with Crippen molar-refractivity contribution in [1.29, 1.82) is 0 Å². The Bertz CT molecular complexity index is 708. The topological polar surface area (TPSA) is 68.3 Å². The molecule has 22 heavy (non-hydrogen) atoms. The molecule has 0 spiro atoms. The Morgan fingerprint density at radius 2 is 1.91 bits per heavy atom. The molecule has 2 rings (SSSR count). The van der Waals surface area contributed by atoms with Crippen LogP contribution in [0.4, 0.5) is 5.82 Å². The van der Waals surface area contributed by atoms with Gasteiger partial charge in [0.1, 0.15) is 0 Å². The number of nitrogens with zero attached hydrogens (tertiary/aromatic N) is 1. The van der Waals surface area contributed by atoms with Gasteiger partial charge in [0.05, 0.1) is 15.6 Å². The average molecular weight is 451 g/mol. The van der Waals surface area contributed by atoms with Crippen molar-refractivity contribution in [2.24, 2.45) is 0 Å². The molecule has 0 radical (unpaired) electrons. The van der Waals surface area contributed by atoms with E-state index >= 15 is 0 Å².